The van der Waals surface area contributed by atoms with Gasteiger partial charge in [-0.05, 0) is 37.4 Å². The molecule has 1 aliphatic heterocycles. The molecule has 0 amide bonds. The first-order chi connectivity index (χ1) is 8.09. The Kier molecular flexibility index (Phi) is 3.67. The highest BCUT2D eigenvalue weighted by Gasteiger charge is 2.28. The van der Waals surface area contributed by atoms with Crippen molar-refractivity contribution >= 4 is 5.82 Å². The Balaban J connectivity index is 1.97. The minimum atomic E-state index is 0.472. The number of nitrogens with one attached hydrogen (secondary N) is 1. The van der Waals surface area contributed by atoms with Crippen molar-refractivity contribution in [3.05, 3.63) is 23.9 Å². The molecule has 2 rings (SSSR count). The first kappa shape index (κ1) is 12.4. The predicted molar refractivity (Wildman–Crippen MR) is 72.1 cm³/mol. The SMILES string of the molecule is CCNc1cccc(CN2CCC(C)(C)C2)n1. The first-order valence-electron chi connectivity index (χ1n) is 6.51. The van der Waals surface area contributed by atoms with Gasteiger partial charge in [-0.1, -0.05) is 19.9 Å². The van der Waals surface area contributed by atoms with Crippen LogP contribution in [0, 0.1) is 5.41 Å². The molecule has 0 bridgehead atoms. The zero-order valence-electron chi connectivity index (χ0n) is 11.2. The van der Waals surface area contributed by atoms with E-state index in [1.807, 2.05) is 6.07 Å². The van der Waals surface area contributed by atoms with Crippen molar-refractivity contribution in [3.8, 4) is 0 Å². The number of nitrogens with zero attached hydrogens (tertiary/aromatic N) is 2. The molecule has 1 aromatic heterocycles. The summed E-state index contributed by atoms with van der Waals surface area (Å²) in [5.74, 6) is 0.989. The maximum absolute atomic E-state index is 4.62. The van der Waals surface area contributed by atoms with Crippen molar-refractivity contribution in [2.75, 3.05) is 25.0 Å². The van der Waals surface area contributed by atoms with Crippen LogP contribution in [0.1, 0.15) is 32.9 Å². The number of aromatic nitrogens is 1. The number of rotatable bonds is 4. The van der Waals surface area contributed by atoms with Gasteiger partial charge in [0.25, 0.3) is 0 Å². The molecular weight excluding hydrogens is 210 g/mol. The maximum atomic E-state index is 4.62. The Morgan fingerprint density at radius 3 is 2.88 bits per heavy atom. The molecule has 1 aromatic rings. The molecule has 0 saturated carbocycles. The average Bonchev–Trinajstić information content (AvgIpc) is 2.59. The second-order valence-corrected chi connectivity index (χ2v) is 5.67. The van der Waals surface area contributed by atoms with Gasteiger partial charge < -0.3 is 5.32 Å². The lowest BCUT2D eigenvalue weighted by Crippen LogP contribution is -2.23. The Bertz CT molecular complexity index is 373. The number of likely N-dealkylation sites (tertiary alicyclic amines) is 1. The monoisotopic (exact) mass is 233 g/mol. The van der Waals surface area contributed by atoms with Gasteiger partial charge >= 0.3 is 0 Å². The normalized spacial score (nSPS) is 19.5. The molecule has 0 aliphatic carbocycles. The second kappa shape index (κ2) is 5.05. The Labute approximate surface area is 104 Å². The van der Waals surface area contributed by atoms with Crippen LogP contribution >= 0.6 is 0 Å². The molecule has 17 heavy (non-hydrogen) atoms. The van der Waals surface area contributed by atoms with E-state index in [1.165, 1.54) is 25.2 Å². The van der Waals surface area contributed by atoms with E-state index >= 15 is 0 Å². The van der Waals surface area contributed by atoms with Crippen molar-refractivity contribution in [1.29, 1.82) is 0 Å². The Morgan fingerprint density at radius 1 is 1.41 bits per heavy atom. The Hall–Kier alpha value is -1.09. The van der Waals surface area contributed by atoms with Gasteiger partial charge in [-0.15, -0.1) is 0 Å². The van der Waals surface area contributed by atoms with Crippen LogP contribution in [-0.2, 0) is 6.54 Å². The summed E-state index contributed by atoms with van der Waals surface area (Å²) < 4.78 is 0. The summed E-state index contributed by atoms with van der Waals surface area (Å²) in [4.78, 5) is 7.12. The minimum Gasteiger partial charge on any atom is -0.370 e. The summed E-state index contributed by atoms with van der Waals surface area (Å²) in [6.07, 6.45) is 1.29. The molecule has 2 heterocycles. The molecule has 0 atom stereocenters. The van der Waals surface area contributed by atoms with Crippen molar-refractivity contribution in [2.45, 2.75) is 33.7 Å². The first-order valence-corrected chi connectivity index (χ1v) is 6.51. The lowest BCUT2D eigenvalue weighted by Gasteiger charge is -2.19. The third-order valence-electron chi connectivity index (χ3n) is 3.31. The van der Waals surface area contributed by atoms with Crippen LogP contribution in [-0.4, -0.2) is 29.5 Å². The number of hydrogen-bond acceptors (Lipinski definition) is 3. The van der Waals surface area contributed by atoms with Crippen LogP contribution in [0.3, 0.4) is 0 Å². The summed E-state index contributed by atoms with van der Waals surface area (Å²) in [7, 11) is 0. The van der Waals surface area contributed by atoms with Gasteiger partial charge in [0.1, 0.15) is 5.82 Å². The highest BCUT2D eigenvalue weighted by atomic mass is 15.2. The van der Waals surface area contributed by atoms with Gasteiger partial charge in [0.05, 0.1) is 5.69 Å². The third-order valence-corrected chi connectivity index (χ3v) is 3.31. The molecule has 3 nitrogen and oxygen atoms in total. The van der Waals surface area contributed by atoms with E-state index in [9.17, 15) is 0 Å². The molecule has 1 saturated heterocycles. The average molecular weight is 233 g/mol. The summed E-state index contributed by atoms with van der Waals surface area (Å²) in [5, 5.41) is 3.26. The zero-order valence-corrected chi connectivity index (χ0v) is 11.2. The van der Waals surface area contributed by atoms with Crippen LogP contribution in [0.25, 0.3) is 0 Å². The van der Waals surface area contributed by atoms with Crippen molar-refractivity contribution in [2.24, 2.45) is 5.41 Å². The number of hydrogen-bond donors (Lipinski definition) is 1. The third kappa shape index (κ3) is 3.43. The highest BCUT2D eigenvalue weighted by molar-refractivity contribution is 5.34. The van der Waals surface area contributed by atoms with Crippen molar-refractivity contribution < 1.29 is 0 Å². The molecule has 1 N–H and O–H groups in total. The van der Waals surface area contributed by atoms with Gasteiger partial charge in [0.2, 0.25) is 0 Å². The van der Waals surface area contributed by atoms with Crippen LogP contribution in [0.4, 0.5) is 5.82 Å². The van der Waals surface area contributed by atoms with E-state index in [1.54, 1.807) is 0 Å². The van der Waals surface area contributed by atoms with E-state index in [0.717, 1.165) is 18.9 Å². The second-order valence-electron chi connectivity index (χ2n) is 5.67. The molecule has 1 fully saturated rings. The van der Waals surface area contributed by atoms with E-state index in [2.05, 4.69) is 48.1 Å². The summed E-state index contributed by atoms with van der Waals surface area (Å²) in [5.41, 5.74) is 1.64. The van der Waals surface area contributed by atoms with Crippen molar-refractivity contribution in [3.63, 3.8) is 0 Å². The summed E-state index contributed by atoms with van der Waals surface area (Å²) in [6.45, 7) is 11.1. The number of anilines is 1. The van der Waals surface area contributed by atoms with Gasteiger partial charge in [-0.3, -0.25) is 4.90 Å². The molecule has 3 heteroatoms. The van der Waals surface area contributed by atoms with E-state index in [0.29, 0.717) is 5.41 Å². The fourth-order valence-electron chi connectivity index (χ4n) is 2.44. The van der Waals surface area contributed by atoms with Crippen LogP contribution in [0.15, 0.2) is 18.2 Å². The molecule has 1 aliphatic rings. The van der Waals surface area contributed by atoms with Gasteiger partial charge in [0, 0.05) is 19.6 Å². The summed E-state index contributed by atoms with van der Waals surface area (Å²) in [6, 6.07) is 6.23. The lowest BCUT2D eigenvalue weighted by molar-refractivity contribution is 0.282. The quantitative estimate of drug-likeness (QED) is 0.866. The molecule has 0 aromatic carbocycles. The van der Waals surface area contributed by atoms with Crippen LogP contribution < -0.4 is 5.32 Å². The van der Waals surface area contributed by atoms with Crippen molar-refractivity contribution in [1.82, 2.24) is 9.88 Å². The topological polar surface area (TPSA) is 28.2 Å². The minimum absolute atomic E-state index is 0.472. The number of pyridine rings is 1. The fourth-order valence-corrected chi connectivity index (χ4v) is 2.44. The molecule has 0 spiro atoms. The molecular formula is C14H23N3. The summed E-state index contributed by atoms with van der Waals surface area (Å²) >= 11 is 0. The molecule has 94 valence electrons. The van der Waals surface area contributed by atoms with Gasteiger partial charge in [0.15, 0.2) is 0 Å². The lowest BCUT2D eigenvalue weighted by atomic mass is 9.93. The highest BCUT2D eigenvalue weighted by Crippen LogP contribution is 2.29. The standard InChI is InChI=1S/C14H23N3/c1-4-15-13-7-5-6-12(16-13)10-17-9-8-14(2,3)11-17/h5-7H,4,8-11H2,1-3H3,(H,15,16). The maximum Gasteiger partial charge on any atom is 0.126 e. The van der Waals surface area contributed by atoms with Gasteiger partial charge in [-0.2, -0.15) is 0 Å². The fraction of sp³-hybridized carbons (Fsp3) is 0.643. The van der Waals surface area contributed by atoms with E-state index in [4.69, 9.17) is 0 Å². The molecule has 0 radical (unpaired) electrons. The molecule has 0 unspecified atom stereocenters. The van der Waals surface area contributed by atoms with E-state index < -0.39 is 0 Å². The zero-order chi connectivity index (χ0) is 12.3. The largest absolute Gasteiger partial charge is 0.370 e. The smallest absolute Gasteiger partial charge is 0.126 e. The Morgan fingerprint density at radius 2 is 2.24 bits per heavy atom. The van der Waals surface area contributed by atoms with Gasteiger partial charge in [-0.25, -0.2) is 4.98 Å². The predicted octanol–water partition coefficient (Wildman–Crippen LogP) is 2.75. The van der Waals surface area contributed by atoms with E-state index in [-0.39, 0.29) is 0 Å². The van der Waals surface area contributed by atoms with Crippen LogP contribution in [0.2, 0.25) is 0 Å². The van der Waals surface area contributed by atoms with Crippen LogP contribution in [0.5, 0.6) is 0 Å².